The lowest BCUT2D eigenvalue weighted by Crippen LogP contribution is -2.36. The number of hydrogen-bond acceptors (Lipinski definition) is 4. The second kappa shape index (κ2) is 9.82. The number of benzene rings is 3. The van der Waals surface area contributed by atoms with Gasteiger partial charge >= 0.3 is 0 Å². The summed E-state index contributed by atoms with van der Waals surface area (Å²) in [6.07, 6.45) is 0. The van der Waals surface area contributed by atoms with E-state index in [-0.39, 0.29) is 23.2 Å². The van der Waals surface area contributed by atoms with E-state index >= 15 is 0 Å². The van der Waals surface area contributed by atoms with E-state index in [2.05, 4.69) is 10.0 Å². The van der Waals surface area contributed by atoms with Crippen molar-refractivity contribution in [2.24, 2.45) is 0 Å². The maximum Gasteiger partial charge on any atom is 0.261 e. The zero-order valence-corrected chi connectivity index (χ0v) is 18.9. The number of carbonyl (C=O) groups excluding carboxylic acids is 1. The number of halogens is 1. The Balaban J connectivity index is 1.62. The van der Waals surface area contributed by atoms with E-state index in [1.807, 2.05) is 19.9 Å². The molecule has 0 saturated heterocycles. The first kappa shape index (κ1) is 23.3. The lowest BCUT2D eigenvalue weighted by atomic mass is 10.1. The summed E-state index contributed by atoms with van der Waals surface area (Å²) >= 11 is 0. The third-order valence-corrected chi connectivity index (χ3v) is 6.36. The summed E-state index contributed by atoms with van der Waals surface area (Å²) in [5.74, 6) is -0.752. The third-order valence-electron chi connectivity index (χ3n) is 4.98. The molecule has 168 valence electrons. The summed E-state index contributed by atoms with van der Waals surface area (Å²) in [7, 11) is -3.80. The normalized spacial score (nSPS) is 12.1. The van der Waals surface area contributed by atoms with Gasteiger partial charge in [0.05, 0.1) is 16.6 Å². The van der Waals surface area contributed by atoms with Crippen molar-refractivity contribution in [2.45, 2.75) is 31.7 Å². The van der Waals surface area contributed by atoms with Gasteiger partial charge in [-0.25, -0.2) is 12.8 Å². The van der Waals surface area contributed by atoms with Crippen LogP contribution in [-0.4, -0.2) is 27.0 Å². The van der Waals surface area contributed by atoms with Crippen molar-refractivity contribution in [3.63, 3.8) is 0 Å². The first-order valence-electron chi connectivity index (χ1n) is 10.0. The summed E-state index contributed by atoms with van der Waals surface area (Å²) in [5, 5.41) is 2.75. The Morgan fingerprint density at radius 2 is 1.69 bits per heavy atom. The summed E-state index contributed by atoms with van der Waals surface area (Å²) in [4.78, 5) is 12.5. The lowest BCUT2D eigenvalue weighted by molar-refractivity contribution is 0.0926. The SMILES string of the molecule is Cc1cccc(NS(=O)(=O)c2ccc(C(=O)NC(C)COc3ccccc3F)cc2)c1C. The Labute approximate surface area is 187 Å². The highest BCUT2D eigenvalue weighted by atomic mass is 32.2. The molecule has 1 atom stereocenters. The maximum absolute atomic E-state index is 13.6. The highest BCUT2D eigenvalue weighted by Gasteiger charge is 2.17. The van der Waals surface area contributed by atoms with Gasteiger partial charge in [-0.3, -0.25) is 9.52 Å². The van der Waals surface area contributed by atoms with Crippen LogP contribution in [0.25, 0.3) is 0 Å². The van der Waals surface area contributed by atoms with Crippen LogP contribution in [0.5, 0.6) is 5.75 Å². The Hall–Kier alpha value is -3.39. The molecule has 0 bridgehead atoms. The smallest absolute Gasteiger partial charge is 0.261 e. The average Bonchev–Trinajstić information content (AvgIpc) is 2.76. The van der Waals surface area contributed by atoms with E-state index in [1.54, 1.807) is 31.2 Å². The molecule has 0 saturated carbocycles. The first-order valence-corrected chi connectivity index (χ1v) is 11.5. The minimum Gasteiger partial charge on any atom is -0.488 e. The predicted octanol–water partition coefficient (Wildman–Crippen LogP) is 4.44. The quantitative estimate of drug-likeness (QED) is 0.525. The molecule has 0 heterocycles. The Morgan fingerprint density at radius 3 is 2.38 bits per heavy atom. The molecular formula is C24H25FN2O4S. The standard InChI is InChI=1S/C24H25FN2O4S/c1-16-7-6-9-22(18(16)3)27-32(29,30)20-13-11-19(12-14-20)24(28)26-17(2)15-31-23-10-5-4-8-21(23)25/h4-14,17,27H,15H2,1-3H3,(H,26,28). The second-order valence-corrected chi connectivity index (χ2v) is 9.18. The molecule has 6 nitrogen and oxygen atoms in total. The van der Waals surface area contributed by atoms with Crippen molar-refractivity contribution in [2.75, 3.05) is 11.3 Å². The number of hydrogen-bond donors (Lipinski definition) is 2. The highest BCUT2D eigenvalue weighted by molar-refractivity contribution is 7.92. The summed E-state index contributed by atoms with van der Waals surface area (Å²) < 4.78 is 47.0. The molecule has 0 aliphatic rings. The maximum atomic E-state index is 13.6. The number of ether oxygens (including phenoxy) is 1. The van der Waals surface area contributed by atoms with E-state index < -0.39 is 21.9 Å². The topological polar surface area (TPSA) is 84.5 Å². The van der Waals surface area contributed by atoms with Gasteiger partial charge in [0, 0.05) is 5.56 Å². The lowest BCUT2D eigenvalue weighted by Gasteiger charge is -2.16. The molecule has 3 aromatic carbocycles. The number of aryl methyl sites for hydroxylation is 1. The van der Waals surface area contributed by atoms with Crippen LogP contribution < -0.4 is 14.8 Å². The minimum atomic E-state index is -3.80. The molecule has 3 aromatic rings. The van der Waals surface area contributed by atoms with Crippen LogP contribution in [0, 0.1) is 19.7 Å². The molecule has 0 aromatic heterocycles. The van der Waals surface area contributed by atoms with Gasteiger partial charge in [-0.1, -0.05) is 24.3 Å². The van der Waals surface area contributed by atoms with Crippen LogP contribution in [0.15, 0.2) is 71.6 Å². The predicted molar refractivity (Wildman–Crippen MR) is 122 cm³/mol. The number of carbonyl (C=O) groups is 1. The van der Waals surface area contributed by atoms with E-state index in [4.69, 9.17) is 4.74 Å². The van der Waals surface area contributed by atoms with Crippen LogP contribution >= 0.6 is 0 Å². The van der Waals surface area contributed by atoms with Crippen molar-refractivity contribution in [1.29, 1.82) is 0 Å². The molecular weight excluding hydrogens is 431 g/mol. The second-order valence-electron chi connectivity index (χ2n) is 7.49. The van der Waals surface area contributed by atoms with E-state index in [0.29, 0.717) is 11.3 Å². The highest BCUT2D eigenvalue weighted by Crippen LogP contribution is 2.22. The molecule has 0 aliphatic heterocycles. The number of rotatable bonds is 8. The Bertz CT molecular complexity index is 1210. The fourth-order valence-corrected chi connectivity index (χ4v) is 4.10. The Morgan fingerprint density at radius 1 is 1.00 bits per heavy atom. The number of nitrogens with one attached hydrogen (secondary N) is 2. The van der Waals surface area contributed by atoms with Crippen molar-refractivity contribution in [3.8, 4) is 5.75 Å². The minimum absolute atomic E-state index is 0.0471. The van der Waals surface area contributed by atoms with Gasteiger partial charge in [-0.2, -0.15) is 0 Å². The molecule has 0 aliphatic carbocycles. The fourth-order valence-electron chi connectivity index (χ4n) is 2.98. The zero-order chi connectivity index (χ0) is 23.3. The molecule has 1 amide bonds. The number of amides is 1. The van der Waals surface area contributed by atoms with Crippen LogP contribution in [0.4, 0.5) is 10.1 Å². The van der Waals surface area contributed by atoms with Crippen LogP contribution in [-0.2, 0) is 10.0 Å². The number of anilines is 1. The molecule has 0 radical (unpaired) electrons. The van der Waals surface area contributed by atoms with Gasteiger partial charge in [-0.15, -0.1) is 0 Å². The van der Waals surface area contributed by atoms with Gasteiger partial charge in [0.2, 0.25) is 0 Å². The average molecular weight is 457 g/mol. The van der Waals surface area contributed by atoms with Crippen molar-refractivity contribution >= 4 is 21.6 Å². The molecule has 0 spiro atoms. The van der Waals surface area contributed by atoms with E-state index in [1.165, 1.54) is 36.4 Å². The summed E-state index contributed by atoms with van der Waals surface area (Å²) in [5.41, 5.74) is 2.63. The van der Waals surface area contributed by atoms with Crippen LogP contribution in [0.3, 0.4) is 0 Å². The van der Waals surface area contributed by atoms with Crippen molar-refractivity contribution < 1.29 is 22.3 Å². The first-order chi connectivity index (χ1) is 15.2. The molecule has 0 fully saturated rings. The van der Waals surface area contributed by atoms with Gasteiger partial charge in [-0.05, 0) is 74.4 Å². The monoisotopic (exact) mass is 456 g/mol. The Kier molecular flexibility index (Phi) is 7.15. The summed E-state index contributed by atoms with van der Waals surface area (Å²) in [6, 6.07) is 16.7. The van der Waals surface area contributed by atoms with Gasteiger partial charge in [0.25, 0.3) is 15.9 Å². The summed E-state index contributed by atoms with van der Waals surface area (Å²) in [6.45, 7) is 5.56. The van der Waals surface area contributed by atoms with Gasteiger partial charge in [0.1, 0.15) is 6.61 Å². The number of para-hydroxylation sites is 1. The third kappa shape index (κ3) is 5.64. The number of sulfonamides is 1. The van der Waals surface area contributed by atoms with E-state index in [9.17, 15) is 17.6 Å². The molecule has 2 N–H and O–H groups in total. The molecule has 3 rings (SSSR count). The van der Waals surface area contributed by atoms with Crippen LogP contribution in [0.2, 0.25) is 0 Å². The fraction of sp³-hybridized carbons (Fsp3) is 0.208. The largest absolute Gasteiger partial charge is 0.488 e. The molecule has 1 unspecified atom stereocenters. The van der Waals surface area contributed by atoms with Gasteiger partial charge < -0.3 is 10.1 Å². The van der Waals surface area contributed by atoms with Crippen molar-refractivity contribution in [3.05, 3.63) is 89.2 Å². The van der Waals surface area contributed by atoms with Crippen molar-refractivity contribution in [1.82, 2.24) is 5.32 Å². The molecule has 32 heavy (non-hydrogen) atoms. The van der Waals surface area contributed by atoms with Crippen LogP contribution in [0.1, 0.15) is 28.4 Å². The molecule has 8 heteroatoms. The van der Waals surface area contributed by atoms with Gasteiger partial charge in [0.15, 0.2) is 11.6 Å². The zero-order valence-electron chi connectivity index (χ0n) is 18.1. The van der Waals surface area contributed by atoms with E-state index in [0.717, 1.165) is 11.1 Å².